The predicted molar refractivity (Wildman–Crippen MR) is 42.6 cm³/mol. The average Bonchev–Trinajstić information content (AvgIpc) is 2.38. The van der Waals surface area contributed by atoms with Crippen molar-refractivity contribution < 1.29 is 18.8 Å². The molecule has 1 atom stereocenters. The molecule has 0 amide bonds. The number of rotatable bonds is 3. The highest BCUT2D eigenvalue weighted by Crippen LogP contribution is 2.49. The van der Waals surface area contributed by atoms with Crippen LogP contribution in [-0.2, 0) is 4.57 Å². The van der Waals surface area contributed by atoms with Crippen LogP contribution in [0.1, 0.15) is 11.5 Å². The summed E-state index contributed by atoms with van der Waals surface area (Å²) in [5, 5.41) is 2.49. The van der Waals surface area contributed by atoms with Crippen LogP contribution in [-0.4, -0.2) is 16.8 Å². The Labute approximate surface area is 69.6 Å². The highest BCUT2D eigenvalue weighted by atomic mass is 31.2. The minimum Gasteiger partial charge on any atom is -0.467 e. The first-order valence-corrected chi connectivity index (χ1v) is 4.99. The lowest BCUT2D eigenvalue weighted by atomic mass is 10.4. The van der Waals surface area contributed by atoms with E-state index in [1.54, 1.807) is 6.07 Å². The van der Waals surface area contributed by atoms with E-state index >= 15 is 0 Å². The number of hydrogen-bond donors (Lipinski definition) is 3. The quantitative estimate of drug-likeness (QED) is 0.612. The fourth-order valence-corrected chi connectivity index (χ4v) is 1.74. The van der Waals surface area contributed by atoms with Crippen molar-refractivity contribution in [3.05, 3.63) is 24.2 Å². The van der Waals surface area contributed by atoms with Gasteiger partial charge in [-0.15, -0.1) is 0 Å². The molecule has 12 heavy (non-hydrogen) atoms. The van der Waals surface area contributed by atoms with Crippen molar-refractivity contribution in [3.8, 4) is 0 Å². The molecule has 3 N–H and O–H groups in total. The molecule has 0 aliphatic heterocycles. The van der Waals surface area contributed by atoms with Gasteiger partial charge in [-0.2, -0.15) is 0 Å². The third-order valence-electron chi connectivity index (χ3n) is 1.42. The Morgan fingerprint density at radius 2 is 2.33 bits per heavy atom. The molecule has 68 valence electrons. The lowest BCUT2D eigenvalue weighted by molar-refractivity contribution is 0.338. The normalized spacial score (nSPS) is 14.6. The topological polar surface area (TPSA) is 82.7 Å². The van der Waals surface area contributed by atoms with Gasteiger partial charge in [-0.1, -0.05) is 0 Å². The Bertz CT molecular complexity index is 278. The maximum Gasteiger partial charge on any atom is 0.350 e. The Hall–Kier alpha value is -0.610. The highest BCUT2D eigenvalue weighted by molar-refractivity contribution is 7.52. The van der Waals surface area contributed by atoms with E-state index in [9.17, 15) is 4.57 Å². The van der Waals surface area contributed by atoms with Gasteiger partial charge in [-0.3, -0.25) is 4.57 Å². The summed E-state index contributed by atoms with van der Waals surface area (Å²) in [5.41, 5.74) is 0. The van der Waals surface area contributed by atoms with Crippen LogP contribution in [0.2, 0.25) is 0 Å². The number of furan rings is 1. The zero-order valence-electron chi connectivity index (χ0n) is 6.47. The van der Waals surface area contributed by atoms with Crippen LogP contribution in [0.5, 0.6) is 0 Å². The van der Waals surface area contributed by atoms with E-state index in [0.29, 0.717) is 0 Å². The first kappa shape index (κ1) is 9.48. The highest BCUT2D eigenvalue weighted by Gasteiger charge is 2.30. The molecular weight excluding hydrogens is 181 g/mol. The van der Waals surface area contributed by atoms with E-state index < -0.39 is 13.4 Å². The van der Waals surface area contributed by atoms with E-state index in [4.69, 9.17) is 14.2 Å². The van der Waals surface area contributed by atoms with Gasteiger partial charge in [0, 0.05) is 0 Å². The largest absolute Gasteiger partial charge is 0.467 e. The third kappa shape index (κ3) is 1.95. The van der Waals surface area contributed by atoms with Gasteiger partial charge in [-0.25, -0.2) is 0 Å². The fourth-order valence-electron chi connectivity index (χ4n) is 0.923. The maximum absolute atomic E-state index is 10.8. The molecule has 1 rings (SSSR count). The van der Waals surface area contributed by atoms with Gasteiger partial charge in [0.05, 0.1) is 6.26 Å². The van der Waals surface area contributed by atoms with E-state index in [1.165, 1.54) is 19.4 Å². The SMILES string of the molecule is CNC(c1ccco1)P(=O)(O)O. The summed E-state index contributed by atoms with van der Waals surface area (Å²) in [4.78, 5) is 17.7. The van der Waals surface area contributed by atoms with Crippen molar-refractivity contribution in [2.45, 2.75) is 5.78 Å². The Kier molecular flexibility index (Phi) is 2.69. The maximum atomic E-state index is 10.8. The minimum absolute atomic E-state index is 0.242. The molecule has 0 aliphatic carbocycles. The summed E-state index contributed by atoms with van der Waals surface area (Å²) in [6.07, 6.45) is 1.37. The average molecular weight is 191 g/mol. The summed E-state index contributed by atoms with van der Waals surface area (Å²) < 4.78 is 15.7. The van der Waals surface area contributed by atoms with Gasteiger partial charge in [0.25, 0.3) is 0 Å². The van der Waals surface area contributed by atoms with Crippen LogP contribution in [0.25, 0.3) is 0 Å². The molecule has 0 fully saturated rings. The lowest BCUT2D eigenvalue weighted by Crippen LogP contribution is -2.15. The third-order valence-corrected chi connectivity index (χ3v) is 2.61. The monoisotopic (exact) mass is 191 g/mol. The Balaban J connectivity index is 2.92. The fraction of sp³-hybridized carbons (Fsp3) is 0.333. The van der Waals surface area contributed by atoms with Gasteiger partial charge < -0.3 is 19.5 Å². The van der Waals surface area contributed by atoms with Crippen LogP contribution in [0.3, 0.4) is 0 Å². The molecule has 0 saturated carbocycles. The molecule has 0 spiro atoms. The van der Waals surface area contributed by atoms with E-state index in [1.807, 2.05) is 0 Å². The van der Waals surface area contributed by atoms with Gasteiger partial charge in [0.1, 0.15) is 5.76 Å². The Morgan fingerprint density at radius 3 is 2.67 bits per heavy atom. The van der Waals surface area contributed by atoms with Crippen LogP contribution < -0.4 is 5.32 Å². The molecule has 1 heterocycles. The molecule has 0 radical (unpaired) electrons. The first-order valence-electron chi connectivity index (χ1n) is 3.31. The van der Waals surface area contributed by atoms with Gasteiger partial charge in [0.15, 0.2) is 5.78 Å². The van der Waals surface area contributed by atoms with E-state index in [0.717, 1.165) is 0 Å². The van der Waals surface area contributed by atoms with Gasteiger partial charge >= 0.3 is 7.60 Å². The number of hydrogen-bond acceptors (Lipinski definition) is 3. The lowest BCUT2D eigenvalue weighted by Gasteiger charge is -2.14. The van der Waals surface area contributed by atoms with Crippen molar-refractivity contribution in [1.82, 2.24) is 5.32 Å². The zero-order valence-corrected chi connectivity index (χ0v) is 7.36. The van der Waals surface area contributed by atoms with Gasteiger partial charge in [-0.05, 0) is 19.2 Å². The standard InChI is InChI=1S/C6H10NO4P/c1-7-6(12(8,9)10)5-3-2-4-11-5/h2-4,6-7H,1H3,(H2,8,9,10). The molecular formula is C6H10NO4P. The van der Waals surface area contributed by atoms with Crippen LogP contribution >= 0.6 is 7.60 Å². The molecule has 1 unspecified atom stereocenters. The molecule has 0 saturated heterocycles. The molecule has 1 aromatic rings. The summed E-state index contributed by atoms with van der Waals surface area (Å²) in [6.45, 7) is 0. The van der Waals surface area contributed by atoms with Crippen LogP contribution in [0.15, 0.2) is 22.8 Å². The second-order valence-corrected chi connectivity index (χ2v) is 3.99. The van der Waals surface area contributed by atoms with Crippen LogP contribution in [0.4, 0.5) is 0 Å². The summed E-state index contributed by atoms with van der Waals surface area (Å²) in [6, 6.07) is 3.09. The smallest absolute Gasteiger partial charge is 0.350 e. The predicted octanol–water partition coefficient (Wildman–Crippen LogP) is 0.675. The van der Waals surface area contributed by atoms with Crippen molar-refractivity contribution in [2.75, 3.05) is 7.05 Å². The second-order valence-electron chi connectivity index (χ2n) is 2.30. The van der Waals surface area contributed by atoms with Crippen molar-refractivity contribution in [3.63, 3.8) is 0 Å². The molecule has 6 heteroatoms. The minimum atomic E-state index is -4.17. The molecule has 5 nitrogen and oxygen atoms in total. The second kappa shape index (κ2) is 3.41. The van der Waals surface area contributed by atoms with Crippen molar-refractivity contribution in [2.24, 2.45) is 0 Å². The Morgan fingerprint density at radius 1 is 1.67 bits per heavy atom. The zero-order chi connectivity index (χ0) is 9.19. The number of nitrogens with one attached hydrogen (secondary N) is 1. The molecule has 0 bridgehead atoms. The van der Waals surface area contributed by atoms with E-state index in [-0.39, 0.29) is 5.76 Å². The molecule has 0 aliphatic rings. The van der Waals surface area contributed by atoms with Crippen LogP contribution in [0, 0.1) is 0 Å². The van der Waals surface area contributed by atoms with Crippen molar-refractivity contribution in [1.29, 1.82) is 0 Å². The van der Waals surface area contributed by atoms with Crippen molar-refractivity contribution >= 4 is 7.60 Å². The summed E-state index contributed by atoms with van der Waals surface area (Å²) >= 11 is 0. The summed E-state index contributed by atoms with van der Waals surface area (Å²) in [5.74, 6) is -0.807. The summed E-state index contributed by atoms with van der Waals surface area (Å²) in [7, 11) is -2.70. The molecule has 0 aromatic carbocycles. The molecule has 1 aromatic heterocycles. The van der Waals surface area contributed by atoms with E-state index in [2.05, 4.69) is 5.32 Å². The first-order chi connectivity index (χ1) is 5.55. The van der Waals surface area contributed by atoms with Gasteiger partial charge in [0.2, 0.25) is 0 Å².